The van der Waals surface area contributed by atoms with Crippen molar-refractivity contribution in [1.82, 2.24) is 9.97 Å². The number of aromatic nitrogens is 2. The fourth-order valence-electron chi connectivity index (χ4n) is 1.18. The lowest BCUT2D eigenvalue weighted by atomic mass is 10.2. The van der Waals surface area contributed by atoms with E-state index in [1.807, 2.05) is 0 Å². The van der Waals surface area contributed by atoms with Gasteiger partial charge in [0.15, 0.2) is 0 Å². The highest BCUT2D eigenvalue weighted by Crippen LogP contribution is 2.27. The number of anilines is 1. The summed E-state index contributed by atoms with van der Waals surface area (Å²) in [4.78, 5) is 7.50. The Labute approximate surface area is 102 Å². The molecule has 1 heterocycles. The number of nitrogen functional groups attached to an aromatic ring is 1. The lowest BCUT2D eigenvalue weighted by molar-refractivity contribution is 0.457. The SMILES string of the molecule is Cc1ccc(Oc2nc(N)ncc2Cl)cc1F. The Bertz CT molecular complexity index is 562. The minimum absolute atomic E-state index is 0.0389. The molecule has 17 heavy (non-hydrogen) atoms. The van der Waals surface area contributed by atoms with Crippen LogP contribution in [0.2, 0.25) is 5.02 Å². The van der Waals surface area contributed by atoms with Gasteiger partial charge in [0.05, 0.1) is 6.20 Å². The number of benzene rings is 1. The Balaban J connectivity index is 2.31. The Hall–Kier alpha value is -1.88. The van der Waals surface area contributed by atoms with Gasteiger partial charge in [-0.3, -0.25) is 0 Å². The average molecular weight is 254 g/mol. The predicted molar refractivity (Wildman–Crippen MR) is 62.7 cm³/mol. The van der Waals surface area contributed by atoms with Gasteiger partial charge in [-0.25, -0.2) is 9.37 Å². The molecule has 4 nitrogen and oxygen atoms in total. The smallest absolute Gasteiger partial charge is 0.243 e. The summed E-state index contributed by atoms with van der Waals surface area (Å²) in [5.41, 5.74) is 5.93. The quantitative estimate of drug-likeness (QED) is 0.894. The molecule has 0 saturated heterocycles. The summed E-state index contributed by atoms with van der Waals surface area (Å²) in [6.07, 6.45) is 1.32. The van der Waals surface area contributed by atoms with E-state index in [2.05, 4.69) is 9.97 Å². The zero-order valence-corrected chi connectivity index (χ0v) is 9.70. The first kappa shape index (κ1) is 11.6. The van der Waals surface area contributed by atoms with Gasteiger partial charge in [-0.1, -0.05) is 17.7 Å². The van der Waals surface area contributed by atoms with Crippen molar-refractivity contribution < 1.29 is 9.13 Å². The standard InChI is InChI=1S/C11H9ClFN3O/c1-6-2-3-7(4-9(6)13)17-10-8(12)5-15-11(14)16-10/h2-5H,1H3,(H2,14,15,16). The van der Waals surface area contributed by atoms with Crippen LogP contribution in [-0.2, 0) is 0 Å². The van der Waals surface area contributed by atoms with Crippen molar-refractivity contribution in [2.24, 2.45) is 0 Å². The molecule has 0 radical (unpaired) electrons. The van der Waals surface area contributed by atoms with Gasteiger partial charge >= 0.3 is 0 Å². The zero-order chi connectivity index (χ0) is 12.4. The third-order valence-corrected chi connectivity index (χ3v) is 2.35. The molecule has 0 amide bonds. The Morgan fingerprint density at radius 3 is 2.88 bits per heavy atom. The van der Waals surface area contributed by atoms with E-state index in [4.69, 9.17) is 22.1 Å². The molecule has 0 bridgehead atoms. The molecule has 0 atom stereocenters. The molecular formula is C11H9ClFN3O. The average Bonchev–Trinajstić information content (AvgIpc) is 2.29. The summed E-state index contributed by atoms with van der Waals surface area (Å²) in [7, 11) is 0. The van der Waals surface area contributed by atoms with Crippen molar-refractivity contribution in [1.29, 1.82) is 0 Å². The van der Waals surface area contributed by atoms with Crippen LogP contribution in [0.3, 0.4) is 0 Å². The third-order valence-electron chi connectivity index (χ3n) is 2.09. The minimum atomic E-state index is -0.361. The van der Waals surface area contributed by atoms with E-state index in [0.29, 0.717) is 11.3 Å². The molecule has 0 aliphatic carbocycles. The molecule has 0 aliphatic rings. The van der Waals surface area contributed by atoms with Gasteiger partial charge in [0.1, 0.15) is 16.6 Å². The van der Waals surface area contributed by atoms with Gasteiger partial charge in [-0.15, -0.1) is 0 Å². The van der Waals surface area contributed by atoms with Crippen LogP contribution in [-0.4, -0.2) is 9.97 Å². The van der Waals surface area contributed by atoms with Gasteiger partial charge in [0, 0.05) is 6.07 Å². The Kier molecular flexibility index (Phi) is 3.10. The van der Waals surface area contributed by atoms with Crippen LogP contribution in [0.15, 0.2) is 24.4 Å². The van der Waals surface area contributed by atoms with Gasteiger partial charge in [0.2, 0.25) is 11.8 Å². The van der Waals surface area contributed by atoms with E-state index in [1.165, 1.54) is 12.3 Å². The fourth-order valence-corrected chi connectivity index (χ4v) is 1.31. The topological polar surface area (TPSA) is 61.0 Å². The van der Waals surface area contributed by atoms with E-state index < -0.39 is 0 Å². The summed E-state index contributed by atoms with van der Waals surface area (Å²) < 4.78 is 18.6. The number of halogens is 2. The number of hydrogen-bond acceptors (Lipinski definition) is 4. The lowest BCUT2D eigenvalue weighted by Gasteiger charge is -2.07. The molecule has 0 unspecified atom stereocenters. The first-order chi connectivity index (χ1) is 8.06. The summed E-state index contributed by atoms with van der Waals surface area (Å²) in [5.74, 6) is 0.0770. The van der Waals surface area contributed by atoms with Gasteiger partial charge in [-0.2, -0.15) is 4.98 Å². The van der Waals surface area contributed by atoms with E-state index in [1.54, 1.807) is 19.1 Å². The van der Waals surface area contributed by atoms with Crippen molar-refractivity contribution in [3.63, 3.8) is 0 Å². The second-order valence-electron chi connectivity index (χ2n) is 3.39. The maximum absolute atomic E-state index is 13.3. The second-order valence-corrected chi connectivity index (χ2v) is 3.80. The summed E-state index contributed by atoms with van der Waals surface area (Å²) in [6.45, 7) is 1.66. The molecule has 0 spiro atoms. The largest absolute Gasteiger partial charge is 0.437 e. The van der Waals surface area contributed by atoms with Crippen LogP contribution in [0.5, 0.6) is 11.6 Å². The van der Waals surface area contributed by atoms with E-state index in [9.17, 15) is 4.39 Å². The van der Waals surface area contributed by atoms with Crippen LogP contribution in [0.25, 0.3) is 0 Å². The summed E-state index contributed by atoms with van der Waals surface area (Å²) in [6, 6.07) is 4.47. The van der Waals surface area contributed by atoms with Crippen molar-refractivity contribution in [2.45, 2.75) is 6.92 Å². The van der Waals surface area contributed by atoms with Crippen LogP contribution in [0, 0.1) is 12.7 Å². The molecule has 1 aromatic heterocycles. The summed E-state index contributed by atoms with van der Waals surface area (Å²) >= 11 is 5.82. The normalized spacial score (nSPS) is 10.3. The number of nitrogens with two attached hydrogens (primary N) is 1. The molecule has 2 rings (SSSR count). The molecule has 6 heteroatoms. The maximum atomic E-state index is 13.3. The molecule has 0 aliphatic heterocycles. The van der Waals surface area contributed by atoms with E-state index in [0.717, 1.165) is 0 Å². The predicted octanol–water partition coefficient (Wildman–Crippen LogP) is 2.95. The van der Waals surface area contributed by atoms with Crippen LogP contribution >= 0.6 is 11.6 Å². The maximum Gasteiger partial charge on any atom is 0.243 e. The highest BCUT2D eigenvalue weighted by Gasteiger charge is 2.08. The van der Waals surface area contributed by atoms with Crippen molar-refractivity contribution in [2.75, 3.05) is 5.73 Å². The van der Waals surface area contributed by atoms with Crippen molar-refractivity contribution >= 4 is 17.5 Å². The minimum Gasteiger partial charge on any atom is -0.437 e. The number of hydrogen-bond donors (Lipinski definition) is 1. The lowest BCUT2D eigenvalue weighted by Crippen LogP contribution is -1.97. The Morgan fingerprint density at radius 2 is 2.18 bits per heavy atom. The second kappa shape index (κ2) is 4.55. The monoisotopic (exact) mass is 253 g/mol. The van der Waals surface area contributed by atoms with Crippen molar-refractivity contribution in [3.05, 3.63) is 40.8 Å². The zero-order valence-electron chi connectivity index (χ0n) is 8.95. The highest BCUT2D eigenvalue weighted by atomic mass is 35.5. The number of ether oxygens (including phenoxy) is 1. The number of rotatable bonds is 2. The number of aryl methyl sites for hydroxylation is 1. The van der Waals surface area contributed by atoms with Crippen LogP contribution in [0.1, 0.15) is 5.56 Å². The fraction of sp³-hybridized carbons (Fsp3) is 0.0909. The Morgan fingerprint density at radius 1 is 1.41 bits per heavy atom. The molecule has 0 saturated carbocycles. The van der Waals surface area contributed by atoms with Gasteiger partial charge in [-0.05, 0) is 18.6 Å². The van der Waals surface area contributed by atoms with E-state index in [-0.39, 0.29) is 22.7 Å². The molecule has 88 valence electrons. The van der Waals surface area contributed by atoms with Gasteiger partial charge in [0.25, 0.3) is 0 Å². The van der Waals surface area contributed by atoms with E-state index >= 15 is 0 Å². The molecular weight excluding hydrogens is 245 g/mol. The molecule has 2 N–H and O–H groups in total. The first-order valence-corrected chi connectivity index (χ1v) is 5.16. The third kappa shape index (κ3) is 2.62. The van der Waals surface area contributed by atoms with Crippen LogP contribution < -0.4 is 10.5 Å². The number of nitrogens with zero attached hydrogens (tertiary/aromatic N) is 2. The highest BCUT2D eigenvalue weighted by molar-refractivity contribution is 6.31. The molecule has 0 fully saturated rings. The first-order valence-electron chi connectivity index (χ1n) is 4.78. The molecule has 2 aromatic rings. The molecule has 1 aromatic carbocycles. The van der Waals surface area contributed by atoms with Crippen molar-refractivity contribution in [3.8, 4) is 11.6 Å². The summed E-state index contributed by atoms with van der Waals surface area (Å²) in [5, 5.41) is 0.209. The van der Waals surface area contributed by atoms with Crippen LogP contribution in [0.4, 0.5) is 10.3 Å². The van der Waals surface area contributed by atoms with Gasteiger partial charge < -0.3 is 10.5 Å².